The first-order valence-corrected chi connectivity index (χ1v) is 5.34. The predicted molar refractivity (Wildman–Crippen MR) is 58.7 cm³/mol. The van der Waals surface area contributed by atoms with Crippen LogP contribution >= 0.6 is 0 Å². The molecule has 1 aliphatic carbocycles. The fourth-order valence-corrected chi connectivity index (χ4v) is 2.16. The Morgan fingerprint density at radius 2 is 2.00 bits per heavy atom. The highest BCUT2D eigenvalue weighted by molar-refractivity contribution is 6.00. The molecule has 0 aromatic carbocycles. The van der Waals surface area contributed by atoms with Gasteiger partial charge in [-0.3, -0.25) is 4.79 Å². The summed E-state index contributed by atoms with van der Waals surface area (Å²) in [5.74, 6) is -1.27. The monoisotopic (exact) mass is 222 g/mol. The van der Waals surface area contributed by atoms with Crippen LogP contribution in [-0.2, 0) is 17.6 Å². The Morgan fingerprint density at radius 3 is 2.62 bits per heavy atom. The summed E-state index contributed by atoms with van der Waals surface area (Å²) in [6, 6.07) is 0. The number of amides is 1. The number of fused-ring (bicyclic) bond motifs is 1. The molecule has 86 valence electrons. The van der Waals surface area contributed by atoms with E-state index in [2.05, 4.69) is 10.3 Å². The number of carboxylic acid groups (broad SMARTS) is 1. The molecule has 2 rings (SSSR count). The number of nitrogens with one attached hydrogen (secondary N) is 2. The summed E-state index contributed by atoms with van der Waals surface area (Å²) in [6.45, 7) is 1.38. The fourth-order valence-electron chi connectivity index (χ4n) is 2.16. The molecular formula is C11H14N2O3. The lowest BCUT2D eigenvalue weighted by molar-refractivity contribution is -0.114. The molecule has 0 unspecified atom stereocenters. The Bertz CT molecular complexity index is 448. The summed E-state index contributed by atoms with van der Waals surface area (Å²) in [5, 5.41) is 11.7. The van der Waals surface area contributed by atoms with Crippen molar-refractivity contribution >= 4 is 17.6 Å². The molecule has 3 N–H and O–H groups in total. The quantitative estimate of drug-likeness (QED) is 0.710. The molecule has 1 aliphatic rings. The van der Waals surface area contributed by atoms with E-state index in [1.165, 1.54) is 6.92 Å². The maximum absolute atomic E-state index is 11.1. The van der Waals surface area contributed by atoms with E-state index < -0.39 is 5.97 Å². The first-order chi connectivity index (χ1) is 7.59. The molecular weight excluding hydrogens is 208 g/mol. The number of hydrogen-bond donors (Lipinski definition) is 3. The van der Waals surface area contributed by atoms with Crippen molar-refractivity contribution in [3.8, 4) is 0 Å². The molecule has 0 saturated carbocycles. The molecule has 5 heteroatoms. The van der Waals surface area contributed by atoms with Crippen molar-refractivity contribution in [1.29, 1.82) is 0 Å². The van der Waals surface area contributed by atoms with Gasteiger partial charge in [-0.2, -0.15) is 0 Å². The maximum Gasteiger partial charge on any atom is 0.354 e. The SMILES string of the molecule is CC(=O)Nc1c(C(=O)O)[nH]c2c1CCCC2. The fraction of sp³-hybridized carbons (Fsp3) is 0.455. The maximum atomic E-state index is 11.1. The topological polar surface area (TPSA) is 82.2 Å². The molecule has 16 heavy (non-hydrogen) atoms. The molecule has 0 radical (unpaired) electrons. The number of carboxylic acids is 1. The normalized spacial score (nSPS) is 14.3. The van der Waals surface area contributed by atoms with Gasteiger partial charge in [0.1, 0.15) is 5.69 Å². The number of hydrogen-bond acceptors (Lipinski definition) is 2. The Balaban J connectivity index is 2.48. The first kappa shape index (κ1) is 10.7. The smallest absolute Gasteiger partial charge is 0.354 e. The highest BCUT2D eigenvalue weighted by Gasteiger charge is 2.23. The van der Waals surface area contributed by atoms with Gasteiger partial charge in [0.2, 0.25) is 5.91 Å². The van der Waals surface area contributed by atoms with Gasteiger partial charge in [-0.15, -0.1) is 0 Å². The standard InChI is InChI=1S/C11H14N2O3/c1-6(14)12-9-7-4-2-3-5-8(7)13-10(9)11(15)16/h13H,2-5H2,1H3,(H,12,14)(H,15,16). The van der Waals surface area contributed by atoms with Crippen molar-refractivity contribution in [1.82, 2.24) is 4.98 Å². The summed E-state index contributed by atoms with van der Waals surface area (Å²) in [4.78, 5) is 25.0. The second-order valence-corrected chi connectivity index (χ2v) is 4.03. The van der Waals surface area contributed by atoms with E-state index in [1.54, 1.807) is 0 Å². The van der Waals surface area contributed by atoms with Gasteiger partial charge in [0.15, 0.2) is 0 Å². The summed E-state index contributed by atoms with van der Waals surface area (Å²) in [6.07, 6.45) is 3.78. The van der Waals surface area contributed by atoms with Crippen LogP contribution in [0.5, 0.6) is 0 Å². The molecule has 0 bridgehead atoms. The summed E-state index contributed by atoms with van der Waals surface area (Å²) < 4.78 is 0. The Labute approximate surface area is 92.9 Å². The van der Waals surface area contributed by atoms with E-state index in [9.17, 15) is 9.59 Å². The van der Waals surface area contributed by atoms with E-state index in [0.717, 1.165) is 36.9 Å². The van der Waals surface area contributed by atoms with Crippen LogP contribution in [0.4, 0.5) is 5.69 Å². The summed E-state index contributed by atoms with van der Waals surface area (Å²) >= 11 is 0. The molecule has 1 aromatic rings. The van der Waals surface area contributed by atoms with Gasteiger partial charge in [0.05, 0.1) is 5.69 Å². The number of aromatic nitrogens is 1. The van der Waals surface area contributed by atoms with Crippen molar-refractivity contribution in [2.24, 2.45) is 0 Å². The molecule has 0 saturated heterocycles. The van der Waals surface area contributed by atoms with Crippen LogP contribution in [0, 0.1) is 0 Å². The number of carbonyl (C=O) groups is 2. The van der Waals surface area contributed by atoms with Gasteiger partial charge < -0.3 is 15.4 Å². The minimum Gasteiger partial charge on any atom is -0.477 e. The number of rotatable bonds is 2. The van der Waals surface area contributed by atoms with Gasteiger partial charge in [0, 0.05) is 12.6 Å². The van der Waals surface area contributed by atoms with Crippen LogP contribution in [0.3, 0.4) is 0 Å². The zero-order chi connectivity index (χ0) is 11.7. The van der Waals surface area contributed by atoms with E-state index >= 15 is 0 Å². The van der Waals surface area contributed by atoms with Gasteiger partial charge in [-0.05, 0) is 31.2 Å². The van der Waals surface area contributed by atoms with Crippen molar-refractivity contribution in [3.63, 3.8) is 0 Å². The Hall–Kier alpha value is -1.78. The van der Waals surface area contributed by atoms with Gasteiger partial charge in [0.25, 0.3) is 0 Å². The largest absolute Gasteiger partial charge is 0.477 e. The minimum atomic E-state index is -1.03. The Morgan fingerprint density at radius 1 is 1.31 bits per heavy atom. The number of carbonyl (C=O) groups excluding carboxylic acids is 1. The number of aromatic amines is 1. The van der Waals surface area contributed by atoms with E-state index in [1.807, 2.05) is 0 Å². The third kappa shape index (κ3) is 1.80. The van der Waals surface area contributed by atoms with Crippen LogP contribution in [0.15, 0.2) is 0 Å². The third-order valence-electron chi connectivity index (χ3n) is 2.81. The summed E-state index contributed by atoms with van der Waals surface area (Å²) in [7, 11) is 0. The van der Waals surface area contributed by atoms with Crippen molar-refractivity contribution < 1.29 is 14.7 Å². The van der Waals surface area contributed by atoms with E-state index in [4.69, 9.17) is 5.11 Å². The molecule has 5 nitrogen and oxygen atoms in total. The number of aromatic carboxylic acids is 1. The average Bonchev–Trinajstić information content (AvgIpc) is 2.57. The molecule has 0 atom stereocenters. The average molecular weight is 222 g/mol. The highest BCUT2D eigenvalue weighted by atomic mass is 16.4. The molecule has 0 spiro atoms. The van der Waals surface area contributed by atoms with Crippen LogP contribution in [-0.4, -0.2) is 22.0 Å². The van der Waals surface area contributed by atoms with Gasteiger partial charge >= 0.3 is 5.97 Å². The zero-order valence-corrected chi connectivity index (χ0v) is 9.09. The highest BCUT2D eigenvalue weighted by Crippen LogP contribution is 2.31. The third-order valence-corrected chi connectivity index (χ3v) is 2.81. The van der Waals surface area contributed by atoms with E-state index in [-0.39, 0.29) is 11.6 Å². The number of anilines is 1. The number of aryl methyl sites for hydroxylation is 1. The van der Waals surface area contributed by atoms with Crippen molar-refractivity contribution in [3.05, 3.63) is 17.0 Å². The Kier molecular flexibility index (Phi) is 2.68. The molecule has 0 aliphatic heterocycles. The lowest BCUT2D eigenvalue weighted by Gasteiger charge is -2.12. The van der Waals surface area contributed by atoms with Crippen molar-refractivity contribution in [2.45, 2.75) is 32.6 Å². The second kappa shape index (κ2) is 4.00. The minimum absolute atomic E-state index is 0.0992. The molecule has 1 heterocycles. The van der Waals surface area contributed by atoms with Crippen LogP contribution in [0.1, 0.15) is 41.5 Å². The lowest BCUT2D eigenvalue weighted by atomic mass is 9.97. The second-order valence-electron chi connectivity index (χ2n) is 4.03. The van der Waals surface area contributed by atoms with Crippen LogP contribution in [0.2, 0.25) is 0 Å². The van der Waals surface area contributed by atoms with Gasteiger partial charge in [-0.25, -0.2) is 4.79 Å². The zero-order valence-electron chi connectivity index (χ0n) is 9.09. The van der Waals surface area contributed by atoms with Crippen molar-refractivity contribution in [2.75, 3.05) is 5.32 Å². The van der Waals surface area contributed by atoms with E-state index in [0.29, 0.717) is 5.69 Å². The molecule has 1 amide bonds. The summed E-state index contributed by atoms with van der Waals surface area (Å²) in [5.41, 5.74) is 2.46. The van der Waals surface area contributed by atoms with Gasteiger partial charge in [-0.1, -0.05) is 0 Å². The van der Waals surface area contributed by atoms with Crippen LogP contribution < -0.4 is 5.32 Å². The molecule has 0 fully saturated rings. The number of H-pyrrole nitrogens is 1. The first-order valence-electron chi connectivity index (χ1n) is 5.34. The molecule has 1 aromatic heterocycles. The predicted octanol–water partition coefficient (Wildman–Crippen LogP) is 1.55. The van der Waals surface area contributed by atoms with Crippen LogP contribution in [0.25, 0.3) is 0 Å². The lowest BCUT2D eigenvalue weighted by Crippen LogP contribution is -2.11.